The van der Waals surface area contributed by atoms with Crippen LogP contribution in [0.4, 0.5) is 11.4 Å². The highest BCUT2D eigenvalue weighted by atomic mass is 16.2. The third kappa shape index (κ3) is 2.78. The van der Waals surface area contributed by atoms with Gasteiger partial charge in [0.05, 0.1) is 5.56 Å². The molecule has 1 aromatic heterocycles. The second kappa shape index (κ2) is 6.09. The van der Waals surface area contributed by atoms with E-state index in [9.17, 15) is 9.59 Å². The number of carbonyl (C=O) groups is 2. The Morgan fingerprint density at radius 2 is 1.88 bits per heavy atom. The van der Waals surface area contributed by atoms with E-state index in [1.165, 1.54) is 0 Å². The maximum Gasteiger partial charge on any atom is 0.258 e. The van der Waals surface area contributed by atoms with Gasteiger partial charge in [-0.3, -0.25) is 9.59 Å². The molecule has 0 aliphatic carbocycles. The zero-order chi connectivity index (χ0) is 17.4. The first-order valence-corrected chi connectivity index (χ1v) is 8.42. The summed E-state index contributed by atoms with van der Waals surface area (Å²) in [4.78, 5) is 29.5. The molecule has 2 amide bonds. The number of para-hydroxylation sites is 1. The van der Waals surface area contributed by atoms with Crippen LogP contribution in [-0.2, 0) is 4.79 Å². The van der Waals surface area contributed by atoms with E-state index in [4.69, 9.17) is 0 Å². The number of carbonyl (C=O) groups excluding carboxylic acids is 2. The number of H-pyrrole nitrogens is 1. The second-order valence-corrected chi connectivity index (χ2v) is 6.32. The number of nitrogens with one attached hydrogen (secondary N) is 2. The normalized spacial score (nSPS) is 14.3. The molecule has 5 heteroatoms. The standard InChI is InChI=1S/C20H19N3O2/c1-13-19(16-5-2-3-6-17(16)21-13)20(25)22-14-8-10-15(11-9-14)23-12-4-7-18(23)24/h2-3,5-6,8-11,21H,4,7,12H2,1H3,(H,22,25). The van der Waals surface area contributed by atoms with Crippen molar-refractivity contribution in [2.75, 3.05) is 16.8 Å². The van der Waals surface area contributed by atoms with Gasteiger partial charge >= 0.3 is 0 Å². The van der Waals surface area contributed by atoms with Gasteiger partial charge in [0.25, 0.3) is 5.91 Å². The maximum atomic E-state index is 12.7. The number of hydrogen-bond donors (Lipinski definition) is 2. The Morgan fingerprint density at radius 1 is 1.12 bits per heavy atom. The van der Waals surface area contributed by atoms with Crippen LogP contribution in [0.25, 0.3) is 10.9 Å². The predicted molar refractivity (Wildman–Crippen MR) is 99.0 cm³/mol. The average molecular weight is 333 g/mol. The van der Waals surface area contributed by atoms with Crippen LogP contribution in [0.3, 0.4) is 0 Å². The molecule has 3 aromatic rings. The minimum Gasteiger partial charge on any atom is -0.358 e. The summed E-state index contributed by atoms with van der Waals surface area (Å²) in [6.45, 7) is 2.66. The quantitative estimate of drug-likeness (QED) is 0.764. The molecule has 0 atom stereocenters. The first-order chi connectivity index (χ1) is 12.1. The monoisotopic (exact) mass is 333 g/mol. The molecule has 4 rings (SSSR count). The van der Waals surface area contributed by atoms with Crippen molar-refractivity contribution in [3.05, 3.63) is 59.8 Å². The van der Waals surface area contributed by atoms with E-state index >= 15 is 0 Å². The third-order valence-corrected chi connectivity index (χ3v) is 4.63. The van der Waals surface area contributed by atoms with Gasteiger partial charge in [-0.15, -0.1) is 0 Å². The molecule has 126 valence electrons. The van der Waals surface area contributed by atoms with Gasteiger partial charge < -0.3 is 15.2 Å². The van der Waals surface area contributed by atoms with Crippen LogP contribution in [-0.4, -0.2) is 23.3 Å². The Hall–Kier alpha value is -3.08. The van der Waals surface area contributed by atoms with Crippen LogP contribution < -0.4 is 10.2 Å². The van der Waals surface area contributed by atoms with Gasteiger partial charge in [-0.05, 0) is 43.7 Å². The van der Waals surface area contributed by atoms with Crippen molar-refractivity contribution in [3.8, 4) is 0 Å². The molecule has 0 saturated carbocycles. The average Bonchev–Trinajstić information content (AvgIpc) is 3.17. The van der Waals surface area contributed by atoms with Gasteiger partial charge in [-0.1, -0.05) is 18.2 Å². The lowest BCUT2D eigenvalue weighted by Crippen LogP contribution is -2.23. The number of aromatic nitrogens is 1. The summed E-state index contributed by atoms with van der Waals surface area (Å²) < 4.78 is 0. The smallest absolute Gasteiger partial charge is 0.258 e. The summed E-state index contributed by atoms with van der Waals surface area (Å²) >= 11 is 0. The Labute approximate surface area is 145 Å². The zero-order valence-corrected chi connectivity index (χ0v) is 14.0. The van der Waals surface area contributed by atoms with E-state index in [0.29, 0.717) is 17.7 Å². The summed E-state index contributed by atoms with van der Waals surface area (Å²) in [7, 11) is 0. The van der Waals surface area contributed by atoms with Crippen LogP contribution in [0, 0.1) is 6.92 Å². The van der Waals surface area contributed by atoms with Gasteiger partial charge in [0.1, 0.15) is 0 Å². The molecule has 0 bridgehead atoms. The van der Waals surface area contributed by atoms with Crippen molar-refractivity contribution in [1.29, 1.82) is 0 Å². The number of amides is 2. The lowest BCUT2D eigenvalue weighted by molar-refractivity contribution is -0.117. The first-order valence-electron chi connectivity index (χ1n) is 8.42. The highest BCUT2D eigenvalue weighted by Crippen LogP contribution is 2.25. The number of nitrogens with zero attached hydrogens (tertiary/aromatic N) is 1. The third-order valence-electron chi connectivity index (χ3n) is 4.63. The largest absolute Gasteiger partial charge is 0.358 e. The number of hydrogen-bond acceptors (Lipinski definition) is 2. The molecule has 2 aromatic carbocycles. The van der Waals surface area contributed by atoms with E-state index in [-0.39, 0.29) is 11.8 Å². The zero-order valence-electron chi connectivity index (χ0n) is 14.0. The summed E-state index contributed by atoms with van der Waals surface area (Å²) in [6.07, 6.45) is 1.51. The van der Waals surface area contributed by atoms with Crippen molar-refractivity contribution < 1.29 is 9.59 Å². The summed E-state index contributed by atoms with van der Waals surface area (Å²) in [5.41, 5.74) is 4.05. The SMILES string of the molecule is Cc1[nH]c2ccccc2c1C(=O)Nc1ccc(N2CCCC2=O)cc1. The highest BCUT2D eigenvalue weighted by molar-refractivity contribution is 6.14. The lowest BCUT2D eigenvalue weighted by Gasteiger charge is -2.16. The Morgan fingerprint density at radius 3 is 2.60 bits per heavy atom. The Kier molecular flexibility index (Phi) is 3.76. The van der Waals surface area contributed by atoms with Crippen molar-refractivity contribution >= 4 is 34.1 Å². The molecule has 1 saturated heterocycles. The number of fused-ring (bicyclic) bond motifs is 1. The molecule has 2 heterocycles. The van der Waals surface area contributed by atoms with Crippen molar-refractivity contribution in [1.82, 2.24) is 4.98 Å². The molecule has 5 nitrogen and oxygen atoms in total. The topological polar surface area (TPSA) is 65.2 Å². The van der Waals surface area contributed by atoms with Gasteiger partial charge in [-0.2, -0.15) is 0 Å². The Balaban J connectivity index is 1.56. The van der Waals surface area contributed by atoms with Gasteiger partial charge in [0.15, 0.2) is 0 Å². The molecule has 1 fully saturated rings. The molecule has 1 aliphatic rings. The van der Waals surface area contributed by atoms with Crippen LogP contribution >= 0.6 is 0 Å². The van der Waals surface area contributed by atoms with Crippen LogP contribution in [0.5, 0.6) is 0 Å². The molecule has 1 aliphatic heterocycles. The van der Waals surface area contributed by atoms with Gasteiger partial charge in [-0.25, -0.2) is 0 Å². The van der Waals surface area contributed by atoms with Crippen LogP contribution in [0.15, 0.2) is 48.5 Å². The van der Waals surface area contributed by atoms with E-state index in [1.54, 1.807) is 4.90 Å². The molecular formula is C20H19N3O2. The molecule has 0 unspecified atom stereocenters. The van der Waals surface area contributed by atoms with E-state index in [2.05, 4.69) is 10.3 Å². The highest BCUT2D eigenvalue weighted by Gasteiger charge is 2.21. The van der Waals surface area contributed by atoms with Gasteiger partial charge in [0.2, 0.25) is 5.91 Å². The number of aryl methyl sites for hydroxylation is 1. The summed E-state index contributed by atoms with van der Waals surface area (Å²) in [6, 6.07) is 15.2. The molecule has 0 spiro atoms. The van der Waals surface area contributed by atoms with Crippen molar-refractivity contribution in [3.63, 3.8) is 0 Å². The van der Waals surface area contributed by atoms with Crippen molar-refractivity contribution in [2.24, 2.45) is 0 Å². The second-order valence-electron chi connectivity index (χ2n) is 6.32. The number of rotatable bonds is 3. The summed E-state index contributed by atoms with van der Waals surface area (Å²) in [5, 5.41) is 3.86. The lowest BCUT2D eigenvalue weighted by atomic mass is 10.1. The van der Waals surface area contributed by atoms with E-state index < -0.39 is 0 Å². The minimum atomic E-state index is -0.139. The number of aromatic amines is 1. The summed E-state index contributed by atoms with van der Waals surface area (Å²) in [5.74, 6) is 0.0196. The number of anilines is 2. The fourth-order valence-electron chi connectivity index (χ4n) is 3.41. The fourth-order valence-corrected chi connectivity index (χ4v) is 3.41. The molecule has 2 N–H and O–H groups in total. The Bertz CT molecular complexity index is 957. The van der Waals surface area contributed by atoms with E-state index in [0.717, 1.165) is 35.2 Å². The molecule has 25 heavy (non-hydrogen) atoms. The van der Waals surface area contributed by atoms with Gasteiger partial charge in [0, 0.05) is 40.9 Å². The number of benzene rings is 2. The molecular weight excluding hydrogens is 314 g/mol. The van der Waals surface area contributed by atoms with E-state index in [1.807, 2.05) is 55.5 Å². The maximum absolute atomic E-state index is 12.7. The van der Waals surface area contributed by atoms with Crippen molar-refractivity contribution in [2.45, 2.75) is 19.8 Å². The van der Waals surface area contributed by atoms with Crippen LogP contribution in [0.2, 0.25) is 0 Å². The predicted octanol–water partition coefficient (Wildman–Crippen LogP) is 3.86. The minimum absolute atomic E-state index is 0.139. The fraction of sp³-hybridized carbons (Fsp3) is 0.200. The first kappa shape index (κ1) is 15.4. The van der Waals surface area contributed by atoms with Crippen LogP contribution in [0.1, 0.15) is 28.9 Å². The molecule has 0 radical (unpaired) electrons.